The lowest BCUT2D eigenvalue weighted by molar-refractivity contribution is -0.137. The van der Waals surface area contributed by atoms with Gasteiger partial charge in [-0.05, 0) is 39.0 Å². The molecule has 36 heavy (non-hydrogen) atoms. The molecule has 0 bridgehead atoms. The summed E-state index contributed by atoms with van der Waals surface area (Å²) in [6.45, 7) is 8.09. The van der Waals surface area contributed by atoms with Crippen molar-refractivity contribution in [3.8, 4) is 0 Å². The van der Waals surface area contributed by atoms with Crippen LogP contribution in [-0.2, 0) is 19.2 Å². The molecule has 7 N–H and O–H groups in total. The quantitative estimate of drug-likeness (QED) is 0.200. The molecule has 0 radical (unpaired) electrons. The first-order valence-corrected chi connectivity index (χ1v) is 13.5. The lowest BCUT2D eigenvalue weighted by Gasteiger charge is -2.32. The summed E-state index contributed by atoms with van der Waals surface area (Å²) in [4.78, 5) is 56.1. The molecular formula is C26H48N6O4. The molecule has 1 heterocycles. The highest BCUT2D eigenvalue weighted by Crippen LogP contribution is 2.24. The molecule has 1 aliphatic heterocycles. The van der Waals surface area contributed by atoms with Gasteiger partial charge in [0.05, 0.1) is 5.54 Å². The maximum Gasteiger partial charge on any atom is 0.242 e. The normalized spacial score (nSPS) is 25.4. The van der Waals surface area contributed by atoms with E-state index in [1.807, 2.05) is 6.92 Å². The van der Waals surface area contributed by atoms with Crippen molar-refractivity contribution in [3.05, 3.63) is 0 Å². The second-order valence-electron chi connectivity index (χ2n) is 10.4. The number of ketones is 1. The third-order valence-electron chi connectivity index (χ3n) is 6.79. The number of guanidine groups is 1. The largest absolute Gasteiger partial charge is 0.370 e. The molecule has 1 aliphatic rings. The summed E-state index contributed by atoms with van der Waals surface area (Å²) in [5.74, 6) is -1.89. The highest BCUT2D eigenvalue weighted by Gasteiger charge is 2.37. The van der Waals surface area contributed by atoms with Gasteiger partial charge in [-0.15, -0.1) is 0 Å². The number of Topliss-reactive ketones (excluding diaryl/α,β-unsaturated/α-hetero) is 1. The molecule has 1 rings (SSSR count). The van der Waals surface area contributed by atoms with Crippen LogP contribution >= 0.6 is 0 Å². The first kappa shape index (κ1) is 31.4. The van der Waals surface area contributed by atoms with Gasteiger partial charge in [-0.3, -0.25) is 24.2 Å². The van der Waals surface area contributed by atoms with Gasteiger partial charge in [0.1, 0.15) is 6.04 Å². The molecule has 0 unspecified atom stereocenters. The second kappa shape index (κ2) is 16.2. The van der Waals surface area contributed by atoms with Crippen molar-refractivity contribution in [1.82, 2.24) is 16.0 Å². The van der Waals surface area contributed by atoms with Gasteiger partial charge >= 0.3 is 0 Å². The highest BCUT2D eigenvalue weighted by molar-refractivity contribution is 5.96. The molecule has 0 aromatic heterocycles. The van der Waals surface area contributed by atoms with Gasteiger partial charge in [-0.2, -0.15) is 0 Å². The molecule has 0 spiro atoms. The van der Waals surface area contributed by atoms with Crippen LogP contribution < -0.4 is 27.4 Å². The number of hydrogen-bond donors (Lipinski definition) is 5. The Morgan fingerprint density at radius 3 is 2.33 bits per heavy atom. The van der Waals surface area contributed by atoms with Crippen molar-refractivity contribution in [2.45, 2.75) is 110 Å². The summed E-state index contributed by atoms with van der Waals surface area (Å²) in [6, 6.07) is -0.671. The van der Waals surface area contributed by atoms with E-state index in [9.17, 15) is 19.2 Å². The van der Waals surface area contributed by atoms with Gasteiger partial charge in [-0.1, -0.05) is 52.9 Å². The highest BCUT2D eigenvalue weighted by atomic mass is 16.2. The molecule has 10 heteroatoms. The summed E-state index contributed by atoms with van der Waals surface area (Å²) in [5.41, 5.74) is 9.75. The molecule has 1 fully saturated rings. The number of nitrogens with two attached hydrogens (primary N) is 2. The van der Waals surface area contributed by atoms with Crippen LogP contribution in [0.4, 0.5) is 0 Å². The minimum atomic E-state index is -1.06. The Labute approximate surface area is 216 Å². The fourth-order valence-electron chi connectivity index (χ4n) is 4.30. The van der Waals surface area contributed by atoms with Crippen LogP contribution in [0, 0.1) is 11.8 Å². The predicted octanol–water partition coefficient (Wildman–Crippen LogP) is 1.90. The SMILES string of the molecule is CC[C@@H]1NC(=O)[C@H](CCCN=C(N)N)CC(=O)[C@](C)(NC(=O)C(C)C)CCCCCCCCNC1=O. The van der Waals surface area contributed by atoms with Gasteiger partial charge in [0.15, 0.2) is 11.7 Å². The van der Waals surface area contributed by atoms with Crippen LogP contribution in [-0.4, -0.2) is 54.1 Å². The maximum atomic E-state index is 13.6. The number of amides is 3. The van der Waals surface area contributed by atoms with E-state index < -0.39 is 17.5 Å². The Morgan fingerprint density at radius 1 is 1.08 bits per heavy atom. The summed E-state index contributed by atoms with van der Waals surface area (Å²) < 4.78 is 0. The van der Waals surface area contributed by atoms with E-state index in [2.05, 4.69) is 20.9 Å². The zero-order valence-electron chi connectivity index (χ0n) is 22.7. The van der Waals surface area contributed by atoms with E-state index in [0.717, 1.165) is 38.5 Å². The Hall–Kier alpha value is -2.65. The van der Waals surface area contributed by atoms with Crippen molar-refractivity contribution in [3.63, 3.8) is 0 Å². The van der Waals surface area contributed by atoms with E-state index >= 15 is 0 Å². The lowest BCUT2D eigenvalue weighted by atomic mass is 9.82. The topological polar surface area (TPSA) is 169 Å². The lowest BCUT2D eigenvalue weighted by Crippen LogP contribution is -2.54. The predicted molar refractivity (Wildman–Crippen MR) is 142 cm³/mol. The van der Waals surface area contributed by atoms with Gasteiger partial charge in [0.2, 0.25) is 17.7 Å². The first-order chi connectivity index (χ1) is 17.0. The first-order valence-electron chi connectivity index (χ1n) is 13.5. The summed E-state index contributed by atoms with van der Waals surface area (Å²) in [5, 5.41) is 8.72. The standard InChI is InChI=1S/C26H48N6O4/c1-5-20-24(36)29-15-11-9-7-6-8-10-14-26(4,32-22(34)18(2)3)21(33)17-19(23(35)31-20)13-12-16-30-25(27)28/h18-20H,5-17H2,1-4H3,(H,29,36)(H,31,35)(H,32,34)(H4,27,28,30)/t19-,20+,26-/m1/s1. The zero-order valence-corrected chi connectivity index (χ0v) is 22.7. The Balaban J connectivity index is 3.18. The van der Waals surface area contributed by atoms with Gasteiger partial charge in [-0.25, -0.2) is 0 Å². The third-order valence-corrected chi connectivity index (χ3v) is 6.79. The molecule has 10 nitrogen and oxygen atoms in total. The maximum absolute atomic E-state index is 13.6. The summed E-state index contributed by atoms with van der Waals surface area (Å²) in [6.07, 6.45) is 7.50. The number of nitrogens with one attached hydrogen (secondary N) is 3. The van der Waals surface area contributed by atoms with E-state index in [1.165, 1.54) is 0 Å². The molecule has 0 aromatic rings. The average Bonchev–Trinajstić information content (AvgIpc) is 2.81. The number of carbonyl (C=O) groups is 4. The number of hydrogen-bond acceptors (Lipinski definition) is 5. The zero-order chi connectivity index (χ0) is 27.1. The fourth-order valence-corrected chi connectivity index (χ4v) is 4.30. The monoisotopic (exact) mass is 508 g/mol. The molecule has 0 saturated carbocycles. The van der Waals surface area contributed by atoms with Crippen molar-refractivity contribution in [2.24, 2.45) is 28.3 Å². The van der Waals surface area contributed by atoms with E-state index in [-0.39, 0.29) is 41.8 Å². The Bertz CT molecular complexity index is 766. The summed E-state index contributed by atoms with van der Waals surface area (Å²) >= 11 is 0. The van der Waals surface area contributed by atoms with Crippen LogP contribution in [0.1, 0.15) is 98.3 Å². The smallest absolute Gasteiger partial charge is 0.242 e. The average molecular weight is 509 g/mol. The van der Waals surface area contributed by atoms with Crippen LogP contribution in [0.3, 0.4) is 0 Å². The van der Waals surface area contributed by atoms with E-state index in [0.29, 0.717) is 38.8 Å². The Morgan fingerprint density at radius 2 is 1.72 bits per heavy atom. The molecular weight excluding hydrogens is 460 g/mol. The van der Waals surface area contributed by atoms with Crippen molar-refractivity contribution < 1.29 is 19.2 Å². The van der Waals surface area contributed by atoms with Crippen LogP contribution in [0.25, 0.3) is 0 Å². The van der Waals surface area contributed by atoms with E-state index in [4.69, 9.17) is 11.5 Å². The van der Waals surface area contributed by atoms with Crippen LogP contribution in [0.2, 0.25) is 0 Å². The molecule has 3 atom stereocenters. The van der Waals surface area contributed by atoms with Gasteiger partial charge in [0, 0.05) is 31.3 Å². The van der Waals surface area contributed by atoms with Crippen LogP contribution in [0.5, 0.6) is 0 Å². The fraction of sp³-hybridized carbons (Fsp3) is 0.808. The number of carbonyl (C=O) groups excluding carboxylic acids is 4. The molecule has 206 valence electrons. The second-order valence-corrected chi connectivity index (χ2v) is 10.4. The summed E-state index contributed by atoms with van der Waals surface area (Å²) in [7, 11) is 0. The van der Waals surface area contributed by atoms with Crippen molar-refractivity contribution >= 4 is 29.5 Å². The Kier molecular flexibility index (Phi) is 14.1. The number of rotatable bonds is 7. The van der Waals surface area contributed by atoms with Crippen LogP contribution in [0.15, 0.2) is 4.99 Å². The van der Waals surface area contributed by atoms with E-state index in [1.54, 1.807) is 20.8 Å². The van der Waals surface area contributed by atoms with Gasteiger partial charge < -0.3 is 27.4 Å². The van der Waals surface area contributed by atoms with Gasteiger partial charge in [0.25, 0.3) is 0 Å². The van der Waals surface area contributed by atoms with Crippen molar-refractivity contribution in [1.29, 1.82) is 0 Å². The molecule has 3 amide bonds. The third kappa shape index (κ3) is 11.4. The number of aliphatic imine (C=N–C) groups is 1. The molecule has 0 aliphatic carbocycles. The minimum absolute atomic E-state index is 0.0314. The minimum Gasteiger partial charge on any atom is -0.370 e. The van der Waals surface area contributed by atoms with Crippen molar-refractivity contribution in [2.75, 3.05) is 13.1 Å². The molecule has 0 aromatic carbocycles. The molecule has 1 saturated heterocycles. The number of nitrogens with zero attached hydrogens (tertiary/aromatic N) is 1.